The van der Waals surface area contributed by atoms with E-state index in [-0.39, 0.29) is 57.1 Å². The van der Waals surface area contributed by atoms with Gasteiger partial charge in [0.05, 0.1) is 5.52 Å². The number of hydrogen-bond donors (Lipinski definition) is 1. The first-order valence-electron chi connectivity index (χ1n) is 3.02. The average molecular weight is 221 g/mol. The van der Waals surface area contributed by atoms with Crippen LogP contribution in [0.15, 0.2) is 22.5 Å². The smallest absolute Gasteiger partial charge is 0.508 e. The molecule has 1 aromatic carbocycles. The molecule has 0 amide bonds. The number of nitrogens with zero attached hydrogens (tertiary/aromatic N) is 1. The summed E-state index contributed by atoms with van der Waals surface area (Å²) in [5, 5.41) is 9.07. The second-order valence-electron chi connectivity index (χ2n) is 2.13. The molecule has 2 nitrogen and oxygen atoms in total. The Balaban J connectivity index is 0.000000720. The van der Waals surface area contributed by atoms with E-state index in [1.54, 1.807) is 12.1 Å². The standard InChI is InChI=1S/C7H5NOS2.K/c9-4-1-2-6-5(3-4)8-7(10)11-6;/h1-3,9H,(H,8,10);/q;+1/p-1. The van der Waals surface area contributed by atoms with Crippen LogP contribution in [0.5, 0.6) is 5.75 Å². The summed E-state index contributed by atoms with van der Waals surface area (Å²) in [5.41, 5.74) is 0.778. The van der Waals surface area contributed by atoms with E-state index in [4.69, 9.17) is 17.7 Å². The number of rotatable bonds is 0. The third-order valence-corrected chi connectivity index (χ3v) is 2.52. The van der Waals surface area contributed by atoms with E-state index in [0.717, 1.165) is 10.2 Å². The summed E-state index contributed by atoms with van der Waals surface area (Å²) < 4.78 is 1.64. The van der Waals surface area contributed by atoms with Crippen molar-refractivity contribution in [2.45, 2.75) is 4.34 Å². The zero-order valence-electron chi connectivity index (χ0n) is 6.44. The summed E-state index contributed by atoms with van der Waals surface area (Å²) in [6.07, 6.45) is 0. The fraction of sp³-hybridized carbons (Fsp3) is 0. The number of hydrogen-bond acceptors (Lipinski definition) is 4. The zero-order chi connectivity index (χ0) is 7.84. The summed E-state index contributed by atoms with van der Waals surface area (Å²) in [4.78, 5) is 4.05. The molecule has 2 rings (SSSR count). The Bertz CT molecular complexity index is 401. The van der Waals surface area contributed by atoms with Gasteiger partial charge in [0.25, 0.3) is 0 Å². The molecular weight excluding hydrogens is 217 g/mol. The Morgan fingerprint density at radius 1 is 1.42 bits per heavy atom. The minimum absolute atomic E-state index is 0. The molecule has 0 spiro atoms. The Morgan fingerprint density at radius 2 is 2.17 bits per heavy atom. The van der Waals surface area contributed by atoms with Gasteiger partial charge in [-0.15, -0.1) is 0 Å². The molecule has 1 aromatic heterocycles. The van der Waals surface area contributed by atoms with Crippen molar-refractivity contribution in [3.63, 3.8) is 0 Å². The van der Waals surface area contributed by atoms with Gasteiger partial charge in [0, 0.05) is 6.07 Å². The van der Waals surface area contributed by atoms with Gasteiger partial charge in [0.15, 0.2) is 0 Å². The summed E-state index contributed by atoms with van der Waals surface area (Å²) in [5.74, 6) is 0.234. The second kappa shape index (κ2) is 4.32. The zero-order valence-corrected chi connectivity index (χ0v) is 11.2. The maximum atomic E-state index is 9.07. The summed E-state index contributed by atoms with van der Waals surface area (Å²) in [6.45, 7) is 0. The Labute approximate surface area is 122 Å². The van der Waals surface area contributed by atoms with Crippen molar-refractivity contribution in [1.82, 2.24) is 4.98 Å². The predicted molar refractivity (Wildman–Crippen MR) is 46.9 cm³/mol. The van der Waals surface area contributed by atoms with Crippen LogP contribution in [0.25, 0.3) is 10.2 Å². The van der Waals surface area contributed by atoms with Gasteiger partial charge in [0.2, 0.25) is 0 Å². The van der Waals surface area contributed by atoms with E-state index in [1.165, 1.54) is 11.3 Å². The van der Waals surface area contributed by atoms with E-state index in [2.05, 4.69) is 4.98 Å². The number of fused-ring (bicyclic) bond motifs is 1. The summed E-state index contributed by atoms with van der Waals surface area (Å²) in [7, 11) is 0. The summed E-state index contributed by atoms with van der Waals surface area (Å²) in [6, 6.07) is 5.06. The largest absolute Gasteiger partial charge is 1.00 e. The van der Waals surface area contributed by atoms with E-state index in [0.29, 0.717) is 4.34 Å². The van der Waals surface area contributed by atoms with Crippen molar-refractivity contribution in [2.24, 2.45) is 0 Å². The normalized spacial score (nSPS) is 9.67. The topological polar surface area (TPSA) is 33.1 Å². The van der Waals surface area contributed by atoms with Crippen LogP contribution in [0.2, 0.25) is 0 Å². The molecule has 56 valence electrons. The number of benzene rings is 1. The van der Waals surface area contributed by atoms with E-state index < -0.39 is 0 Å². The van der Waals surface area contributed by atoms with Crippen LogP contribution in [0.4, 0.5) is 0 Å². The molecule has 0 bridgehead atoms. The molecule has 0 aliphatic carbocycles. The molecule has 0 saturated heterocycles. The predicted octanol–water partition coefficient (Wildman–Crippen LogP) is -1.09. The minimum atomic E-state index is 0. The fourth-order valence-corrected chi connectivity index (χ4v) is 1.94. The monoisotopic (exact) mass is 221 g/mol. The molecule has 5 heteroatoms. The van der Waals surface area contributed by atoms with Crippen molar-refractivity contribution < 1.29 is 56.5 Å². The fourth-order valence-electron chi connectivity index (χ4n) is 0.895. The molecule has 0 unspecified atom stereocenters. The number of phenols is 1. The van der Waals surface area contributed by atoms with Gasteiger partial charge in [-0.2, -0.15) is 0 Å². The number of aromatic hydroxyl groups is 1. The molecule has 12 heavy (non-hydrogen) atoms. The molecule has 0 aliphatic rings. The molecule has 0 saturated carbocycles. The molecule has 0 fully saturated rings. The van der Waals surface area contributed by atoms with Gasteiger partial charge < -0.3 is 29.1 Å². The van der Waals surface area contributed by atoms with Crippen LogP contribution in [0.1, 0.15) is 0 Å². The van der Waals surface area contributed by atoms with Gasteiger partial charge in [-0.05, 0) is 15.1 Å². The van der Waals surface area contributed by atoms with Crippen molar-refractivity contribution in [1.29, 1.82) is 0 Å². The van der Waals surface area contributed by atoms with Crippen molar-refractivity contribution in [3.8, 4) is 5.75 Å². The van der Waals surface area contributed by atoms with Gasteiger partial charge in [-0.1, -0.05) is 6.07 Å². The SMILES string of the molecule is Oc1ccc2sc([S-])nc2c1.[K+]. The Hall–Kier alpha value is 0.766. The molecule has 1 heterocycles. The van der Waals surface area contributed by atoms with E-state index in [9.17, 15) is 0 Å². The van der Waals surface area contributed by atoms with Gasteiger partial charge in [-0.25, -0.2) is 0 Å². The van der Waals surface area contributed by atoms with Crippen LogP contribution in [0.3, 0.4) is 0 Å². The van der Waals surface area contributed by atoms with Crippen molar-refractivity contribution in [2.75, 3.05) is 0 Å². The number of phenolic OH excluding ortho intramolecular Hbond substituents is 1. The molecule has 0 radical (unpaired) electrons. The van der Waals surface area contributed by atoms with Crippen LogP contribution < -0.4 is 51.4 Å². The van der Waals surface area contributed by atoms with Crippen LogP contribution >= 0.6 is 11.3 Å². The Morgan fingerprint density at radius 3 is 2.92 bits per heavy atom. The average Bonchev–Trinajstić information content (AvgIpc) is 2.27. The maximum Gasteiger partial charge on any atom is 1.00 e. The number of thiazole rings is 1. The van der Waals surface area contributed by atoms with Gasteiger partial charge >= 0.3 is 51.4 Å². The van der Waals surface area contributed by atoms with Gasteiger partial charge in [0.1, 0.15) is 5.75 Å². The van der Waals surface area contributed by atoms with E-state index >= 15 is 0 Å². The molecular formula is C7H4KNOS2. The first-order valence-corrected chi connectivity index (χ1v) is 4.25. The third-order valence-electron chi connectivity index (χ3n) is 1.35. The molecule has 2 aromatic rings. The van der Waals surface area contributed by atoms with Crippen LogP contribution in [0, 0.1) is 0 Å². The van der Waals surface area contributed by atoms with Crippen molar-refractivity contribution in [3.05, 3.63) is 18.2 Å². The third kappa shape index (κ3) is 2.17. The first-order chi connectivity index (χ1) is 5.25. The van der Waals surface area contributed by atoms with Crippen LogP contribution in [-0.2, 0) is 12.6 Å². The van der Waals surface area contributed by atoms with E-state index in [1.807, 2.05) is 6.07 Å². The number of aromatic nitrogens is 1. The maximum absolute atomic E-state index is 9.07. The molecule has 1 N–H and O–H groups in total. The minimum Gasteiger partial charge on any atom is -0.508 e. The molecule has 0 aliphatic heterocycles. The Kier molecular flexibility index (Phi) is 3.90. The second-order valence-corrected chi connectivity index (χ2v) is 3.81. The first kappa shape index (κ1) is 10.8. The quantitative estimate of drug-likeness (QED) is 0.453. The molecule has 0 atom stereocenters. The summed E-state index contributed by atoms with van der Waals surface area (Å²) >= 11 is 6.34. The van der Waals surface area contributed by atoms with Gasteiger partial charge in [-0.3, -0.25) is 4.98 Å². The van der Waals surface area contributed by atoms with Crippen molar-refractivity contribution >= 4 is 34.2 Å². The van der Waals surface area contributed by atoms with Crippen LogP contribution in [-0.4, -0.2) is 10.1 Å².